The van der Waals surface area contributed by atoms with Crippen LogP contribution >= 0.6 is 0 Å². The predicted octanol–water partition coefficient (Wildman–Crippen LogP) is 1.91. The molecule has 100 valence electrons. The van der Waals surface area contributed by atoms with Gasteiger partial charge in [-0.05, 0) is 31.7 Å². The number of hydrogen-bond acceptors (Lipinski definition) is 4. The van der Waals surface area contributed by atoms with Crippen LogP contribution in [0.15, 0.2) is 12.3 Å². The first kappa shape index (κ1) is 14.4. The topological polar surface area (TPSA) is 82.5 Å². The molecule has 1 atom stereocenters. The molecular formula is C13H20N2O3. The van der Waals surface area contributed by atoms with Gasteiger partial charge in [-0.1, -0.05) is 6.92 Å². The summed E-state index contributed by atoms with van der Waals surface area (Å²) in [6.07, 6.45) is 3.18. The van der Waals surface area contributed by atoms with E-state index in [1.807, 2.05) is 13.8 Å². The van der Waals surface area contributed by atoms with Gasteiger partial charge in [0.1, 0.15) is 5.56 Å². The van der Waals surface area contributed by atoms with Crippen LogP contribution in [0.3, 0.4) is 0 Å². The third kappa shape index (κ3) is 4.33. The van der Waals surface area contributed by atoms with Gasteiger partial charge in [0.15, 0.2) is 0 Å². The van der Waals surface area contributed by atoms with Crippen molar-refractivity contribution < 1.29 is 15.0 Å². The number of anilines is 1. The molecule has 1 aromatic rings. The Labute approximate surface area is 107 Å². The Bertz CT molecular complexity index is 407. The third-order valence-corrected chi connectivity index (χ3v) is 2.77. The third-order valence-electron chi connectivity index (χ3n) is 2.77. The van der Waals surface area contributed by atoms with Crippen molar-refractivity contribution in [2.75, 3.05) is 18.5 Å². The largest absolute Gasteiger partial charge is 0.478 e. The summed E-state index contributed by atoms with van der Waals surface area (Å²) in [4.78, 5) is 15.0. The fourth-order valence-corrected chi connectivity index (χ4v) is 1.64. The molecule has 1 aromatic heterocycles. The summed E-state index contributed by atoms with van der Waals surface area (Å²) in [6.45, 7) is 4.69. The number of aryl methyl sites for hydroxylation is 1. The van der Waals surface area contributed by atoms with Crippen LogP contribution in [-0.2, 0) is 0 Å². The van der Waals surface area contributed by atoms with Gasteiger partial charge >= 0.3 is 5.97 Å². The second-order valence-electron chi connectivity index (χ2n) is 4.53. The van der Waals surface area contributed by atoms with Crippen molar-refractivity contribution in [1.29, 1.82) is 0 Å². The molecule has 0 radical (unpaired) electrons. The van der Waals surface area contributed by atoms with E-state index in [4.69, 9.17) is 10.2 Å². The van der Waals surface area contributed by atoms with Gasteiger partial charge in [0.05, 0.1) is 5.69 Å². The molecule has 0 spiro atoms. The monoisotopic (exact) mass is 252 g/mol. The first-order chi connectivity index (χ1) is 8.54. The number of aliphatic hydroxyl groups excluding tert-OH is 1. The SMILES string of the molecule is Cc1cc(NCCCC(C)CO)c(C(=O)O)cn1. The molecule has 0 aliphatic carbocycles. The van der Waals surface area contributed by atoms with Crippen LogP contribution in [0.2, 0.25) is 0 Å². The van der Waals surface area contributed by atoms with Gasteiger partial charge < -0.3 is 15.5 Å². The minimum atomic E-state index is -0.978. The van der Waals surface area contributed by atoms with E-state index >= 15 is 0 Å². The van der Waals surface area contributed by atoms with E-state index in [0.717, 1.165) is 18.5 Å². The summed E-state index contributed by atoms with van der Waals surface area (Å²) in [5.41, 5.74) is 1.58. The van der Waals surface area contributed by atoms with Gasteiger partial charge in [0.25, 0.3) is 0 Å². The summed E-state index contributed by atoms with van der Waals surface area (Å²) in [5.74, 6) is -0.696. The van der Waals surface area contributed by atoms with Gasteiger partial charge in [-0.25, -0.2) is 4.79 Å². The molecule has 0 saturated carbocycles. The zero-order chi connectivity index (χ0) is 13.5. The van der Waals surface area contributed by atoms with E-state index < -0.39 is 5.97 Å². The lowest BCUT2D eigenvalue weighted by molar-refractivity contribution is 0.0697. The number of nitrogens with zero attached hydrogens (tertiary/aromatic N) is 1. The van der Waals surface area contributed by atoms with E-state index in [1.165, 1.54) is 6.20 Å². The zero-order valence-corrected chi connectivity index (χ0v) is 10.8. The molecule has 0 amide bonds. The van der Waals surface area contributed by atoms with Crippen LogP contribution in [0.1, 0.15) is 35.8 Å². The molecule has 3 N–H and O–H groups in total. The Balaban J connectivity index is 2.55. The molecule has 5 nitrogen and oxygen atoms in total. The number of hydrogen-bond donors (Lipinski definition) is 3. The Morgan fingerprint density at radius 2 is 2.28 bits per heavy atom. The van der Waals surface area contributed by atoms with E-state index in [1.54, 1.807) is 6.07 Å². The molecule has 18 heavy (non-hydrogen) atoms. The molecule has 1 unspecified atom stereocenters. The second-order valence-corrected chi connectivity index (χ2v) is 4.53. The molecule has 5 heteroatoms. The highest BCUT2D eigenvalue weighted by Gasteiger charge is 2.10. The molecule has 0 aromatic carbocycles. The lowest BCUT2D eigenvalue weighted by Gasteiger charge is -2.11. The first-order valence-electron chi connectivity index (χ1n) is 6.09. The highest BCUT2D eigenvalue weighted by molar-refractivity contribution is 5.93. The van der Waals surface area contributed by atoms with Crippen molar-refractivity contribution in [3.63, 3.8) is 0 Å². The van der Waals surface area contributed by atoms with Gasteiger partial charge in [0.2, 0.25) is 0 Å². The van der Waals surface area contributed by atoms with Crippen LogP contribution < -0.4 is 5.32 Å². The maximum Gasteiger partial charge on any atom is 0.339 e. The molecule has 0 fully saturated rings. The van der Waals surface area contributed by atoms with Crippen molar-refractivity contribution in [2.24, 2.45) is 5.92 Å². The Hall–Kier alpha value is -1.62. The number of carboxylic acids is 1. The molecular weight excluding hydrogens is 232 g/mol. The fraction of sp³-hybridized carbons (Fsp3) is 0.538. The van der Waals surface area contributed by atoms with E-state index in [2.05, 4.69) is 10.3 Å². The quantitative estimate of drug-likeness (QED) is 0.646. The van der Waals surface area contributed by atoms with Crippen LogP contribution in [0.5, 0.6) is 0 Å². The van der Waals surface area contributed by atoms with E-state index in [0.29, 0.717) is 12.2 Å². The number of aromatic nitrogens is 1. The fourth-order valence-electron chi connectivity index (χ4n) is 1.64. The van der Waals surface area contributed by atoms with Gasteiger partial charge in [0, 0.05) is 25.0 Å². The number of rotatable bonds is 7. The van der Waals surface area contributed by atoms with Crippen LogP contribution in [0, 0.1) is 12.8 Å². The highest BCUT2D eigenvalue weighted by atomic mass is 16.4. The number of pyridine rings is 1. The lowest BCUT2D eigenvalue weighted by Crippen LogP contribution is -2.10. The maximum absolute atomic E-state index is 11.0. The molecule has 1 heterocycles. The molecule has 0 aliphatic rings. The van der Waals surface area contributed by atoms with E-state index in [-0.39, 0.29) is 18.1 Å². The first-order valence-corrected chi connectivity index (χ1v) is 6.09. The van der Waals surface area contributed by atoms with Gasteiger partial charge in [-0.2, -0.15) is 0 Å². The zero-order valence-electron chi connectivity index (χ0n) is 10.8. The minimum absolute atomic E-state index is 0.189. The number of nitrogens with one attached hydrogen (secondary N) is 1. The average Bonchev–Trinajstić information content (AvgIpc) is 2.34. The Morgan fingerprint density at radius 1 is 1.56 bits per heavy atom. The molecule has 0 saturated heterocycles. The predicted molar refractivity (Wildman–Crippen MR) is 69.9 cm³/mol. The summed E-state index contributed by atoms with van der Waals surface area (Å²) < 4.78 is 0. The number of carbonyl (C=O) groups is 1. The summed E-state index contributed by atoms with van der Waals surface area (Å²) in [5, 5.41) is 21.0. The lowest BCUT2D eigenvalue weighted by atomic mass is 10.1. The molecule has 0 aliphatic heterocycles. The van der Waals surface area contributed by atoms with Gasteiger partial charge in [-0.3, -0.25) is 4.98 Å². The second kappa shape index (κ2) is 6.96. The smallest absolute Gasteiger partial charge is 0.339 e. The number of carboxylic acid groups (broad SMARTS) is 1. The summed E-state index contributed by atoms with van der Waals surface area (Å²) in [6, 6.07) is 1.74. The van der Waals surface area contributed by atoms with Gasteiger partial charge in [-0.15, -0.1) is 0 Å². The van der Waals surface area contributed by atoms with Crippen molar-refractivity contribution in [3.05, 3.63) is 23.5 Å². The number of aliphatic hydroxyl groups is 1. The van der Waals surface area contributed by atoms with Crippen LogP contribution in [0.4, 0.5) is 5.69 Å². The Kier molecular flexibility index (Phi) is 5.58. The van der Waals surface area contributed by atoms with Crippen molar-refractivity contribution in [1.82, 2.24) is 4.98 Å². The molecule has 1 rings (SSSR count). The Morgan fingerprint density at radius 3 is 2.89 bits per heavy atom. The van der Waals surface area contributed by atoms with Crippen molar-refractivity contribution in [3.8, 4) is 0 Å². The maximum atomic E-state index is 11.0. The van der Waals surface area contributed by atoms with Crippen LogP contribution in [-0.4, -0.2) is 34.3 Å². The van der Waals surface area contributed by atoms with Crippen molar-refractivity contribution in [2.45, 2.75) is 26.7 Å². The molecule has 0 bridgehead atoms. The standard InChI is InChI=1S/C13H20N2O3/c1-9(8-16)4-3-5-14-12-6-10(2)15-7-11(12)13(17)18/h6-7,9,16H,3-5,8H2,1-2H3,(H,14,15)(H,17,18). The summed E-state index contributed by atoms with van der Waals surface area (Å²) >= 11 is 0. The summed E-state index contributed by atoms with van der Waals surface area (Å²) in [7, 11) is 0. The normalized spacial score (nSPS) is 12.2. The minimum Gasteiger partial charge on any atom is -0.478 e. The average molecular weight is 252 g/mol. The highest BCUT2D eigenvalue weighted by Crippen LogP contribution is 2.16. The van der Waals surface area contributed by atoms with Crippen molar-refractivity contribution >= 4 is 11.7 Å². The van der Waals surface area contributed by atoms with Crippen LogP contribution in [0.25, 0.3) is 0 Å². The number of aromatic carboxylic acids is 1. The van der Waals surface area contributed by atoms with E-state index in [9.17, 15) is 4.79 Å².